The summed E-state index contributed by atoms with van der Waals surface area (Å²) in [6, 6.07) is 11.8. The van der Waals surface area contributed by atoms with Crippen molar-refractivity contribution in [3.05, 3.63) is 53.1 Å². The molecular formula is C25H32Cl2N4O3S2. The number of thiazole rings is 1. The number of halogens is 2. The van der Waals surface area contributed by atoms with Gasteiger partial charge in [0.05, 0.1) is 15.1 Å². The fraction of sp³-hybridized carbons (Fsp3) is 0.440. The van der Waals surface area contributed by atoms with Gasteiger partial charge in [-0.25, -0.2) is 13.4 Å². The maximum atomic E-state index is 13.6. The Morgan fingerprint density at radius 1 is 1.11 bits per heavy atom. The van der Waals surface area contributed by atoms with Crippen LogP contribution in [-0.4, -0.2) is 68.8 Å². The fourth-order valence-electron chi connectivity index (χ4n) is 4.13. The van der Waals surface area contributed by atoms with Crippen molar-refractivity contribution in [1.82, 2.24) is 14.2 Å². The lowest BCUT2D eigenvalue weighted by Gasteiger charge is -2.29. The van der Waals surface area contributed by atoms with Crippen molar-refractivity contribution < 1.29 is 13.2 Å². The molecule has 0 saturated carbocycles. The van der Waals surface area contributed by atoms with E-state index < -0.39 is 10.0 Å². The summed E-state index contributed by atoms with van der Waals surface area (Å²) in [4.78, 5) is 22.2. The topological polar surface area (TPSA) is 73.8 Å². The molecule has 0 bridgehead atoms. The third-order valence-electron chi connectivity index (χ3n) is 6.28. The van der Waals surface area contributed by atoms with Crippen LogP contribution in [0.3, 0.4) is 0 Å². The van der Waals surface area contributed by atoms with Crippen LogP contribution in [0.1, 0.15) is 36.5 Å². The van der Waals surface area contributed by atoms with Crippen molar-refractivity contribution in [1.29, 1.82) is 0 Å². The summed E-state index contributed by atoms with van der Waals surface area (Å²) in [6.45, 7) is 4.54. The molecule has 0 unspecified atom stereocenters. The summed E-state index contributed by atoms with van der Waals surface area (Å²) in [6.07, 6.45) is 2.51. The van der Waals surface area contributed by atoms with Gasteiger partial charge in [-0.05, 0) is 88.3 Å². The molecule has 2 heterocycles. The number of sulfonamides is 1. The van der Waals surface area contributed by atoms with E-state index in [-0.39, 0.29) is 23.2 Å². The van der Waals surface area contributed by atoms with Crippen molar-refractivity contribution in [2.75, 3.05) is 45.2 Å². The van der Waals surface area contributed by atoms with E-state index in [4.69, 9.17) is 11.6 Å². The van der Waals surface area contributed by atoms with Crippen molar-refractivity contribution >= 4 is 66.6 Å². The normalized spacial score (nSPS) is 15.2. The van der Waals surface area contributed by atoms with E-state index in [1.165, 1.54) is 23.5 Å². The zero-order valence-corrected chi connectivity index (χ0v) is 23.9. The molecular weight excluding hydrogens is 539 g/mol. The second kappa shape index (κ2) is 12.2. The highest BCUT2D eigenvalue weighted by molar-refractivity contribution is 7.89. The first kappa shape index (κ1) is 28.8. The monoisotopic (exact) mass is 570 g/mol. The number of hydrogen-bond donors (Lipinski definition) is 0. The van der Waals surface area contributed by atoms with Gasteiger partial charge in [0, 0.05) is 30.2 Å². The molecule has 11 heteroatoms. The minimum Gasteiger partial charge on any atom is -0.309 e. The van der Waals surface area contributed by atoms with Crippen LogP contribution in [0, 0.1) is 5.92 Å². The minimum atomic E-state index is -3.57. The van der Waals surface area contributed by atoms with E-state index >= 15 is 0 Å². The van der Waals surface area contributed by atoms with Gasteiger partial charge in [0.2, 0.25) is 10.0 Å². The smallest absolute Gasteiger partial charge is 0.260 e. The van der Waals surface area contributed by atoms with Crippen molar-refractivity contribution in [3.8, 4) is 0 Å². The van der Waals surface area contributed by atoms with Crippen LogP contribution in [0.2, 0.25) is 5.02 Å². The number of carbonyl (C=O) groups excluding carboxylic acids is 1. The molecule has 4 rings (SSSR count). The molecule has 1 saturated heterocycles. The van der Waals surface area contributed by atoms with Gasteiger partial charge in [0.25, 0.3) is 5.91 Å². The molecule has 1 amide bonds. The maximum Gasteiger partial charge on any atom is 0.260 e. The molecule has 0 atom stereocenters. The number of hydrogen-bond acceptors (Lipinski definition) is 6. The Morgan fingerprint density at radius 3 is 2.42 bits per heavy atom. The molecule has 0 spiro atoms. The van der Waals surface area contributed by atoms with Gasteiger partial charge < -0.3 is 4.90 Å². The predicted molar refractivity (Wildman–Crippen MR) is 150 cm³/mol. The van der Waals surface area contributed by atoms with Crippen LogP contribution in [0.5, 0.6) is 0 Å². The van der Waals surface area contributed by atoms with Crippen LogP contribution in [0.4, 0.5) is 5.13 Å². The van der Waals surface area contributed by atoms with E-state index in [9.17, 15) is 13.2 Å². The second-order valence-electron chi connectivity index (χ2n) is 9.33. The van der Waals surface area contributed by atoms with Gasteiger partial charge in [-0.3, -0.25) is 9.69 Å². The van der Waals surface area contributed by atoms with E-state index in [0.29, 0.717) is 41.3 Å². The summed E-state index contributed by atoms with van der Waals surface area (Å²) in [5, 5.41) is 1.23. The van der Waals surface area contributed by atoms with E-state index in [1.807, 2.05) is 26.2 Å². The quantitative estimate of drug-likeness (QED) is 0.363. The number of aromatic nitrogens is 1. The van der Waals surface area contributed by atoms with Gasteiger partial charge >= 0.3 is 0 Å². The Bertz CT molecular complexity index is 1290. The standard InChI is InChI=1S/C25H31ClN4O3S2.ClH/c1-18-11-15-29(16-12-18)35(32,33)21-8-5-19(6-9-21)24(31)30(14-4-13-28(2)3)25-27-22-10-7-20(26)17-23(22)34-25;/h5-10,17-18H,4,11-16H2,1-3H3;1H. The summed E-state index contributed by atoms with van der Waals surface area (Å²) in [7, 11) is 0.423. The highest BCUT2D eigenvalue weighted by Gasteiger charge is 2.28. The largest absolute Gasteiger partial charge is 0.309 e. The molecule has 0 N–H and O–H groups in total. The third-order valence-corrected chi connectivity index (χ3v) is 9.47. The third kappa shape index (κ3) is 6.57. The number of rotatable bonds is 8. The first-order chi connectivity index (χ1) is 16.6. The molecule has 3 aromatic rings. The van der Waals surface area contributed by atoms with Gasteiger partial charge in [-0.15, -0.1) is 12.4 Å². The number of anilines is 1. The van der Waals surface area contributed by atoms with Gasteiger partial charge in [0.1, 0.15) is 0 Å². The number of benzene rings is 2. The molecule has 2 aromatic carbocycles. The van der Waals surface area contributed by atoms with Crippen molar-refractivity contribution in [2.24, 2.45) is 5.92 Å². The minimum absolute atomic E-state index is 0. The Morgan fingerprint density at radius 2 is 1.78 bits per heavy atom. The zero-order chi connectivity index (χ0) is 25.2. The highest BCUT2D eigenvalue weighted by Crippen LogP contribution is 2.32. The molecule has 7 nitrogen and oxygen atoms in total. The lowest BCUT2D eigenvalue weighted by Crippen LogP contribution is -2.38. The average Bonchev–Trinajstić information content (AvgIpc) is 3.24. The zero-order valence-electron chi connectivity index (χ0n) is 20.7. The number of piperidine rings is 1. The summed E-state index contributed by atoms with van der Waals surface area (Å²) in [5.41, 5.74) is 1.22. The first-order valence-electron chi connectivity index (χ1n) is 11.8. The summed E-state index contributed by atoms with van der Waals surface area (Å²) < 4.78 is 28.6. The van der Waals surface area contributed by atoms with Crippen molar-refractivity contribution in [2.45, 2.75) is 31.1 Å². The van der Waals surface area contributed by atoms with Gasteiger partial charge in [-0.1, -0.05) is 29.9 Å². The Kier molecular flexibility index (Phi) is 9.76. The molecule has 196 valence electrons. The summed E-state index contributed by atoms with van der Waals surface area (Å²) >= 11 is 7.56. The van der Waals surface area contributed by atoms with Crippen LogP contribution in [-0.2, 0) is 10.0 Å². The van der Waals surface area contributed by atoms with Crippen LogP contribution < -0.4 is 4.90 Å². The van der Waals surface area contributed by atoms with Crippen LogP contribution in [0.15, 0.2) is 47.4 Å². The first-order valence-corrected chi connectivity index (χ1v) is 14.4. The number of nitrogens with zero attached hydrogens (tertiary/aromatic N) is 4. The van der Waals surface area contributed by atoms with E-state index in [1.54, 1.807) is 27.4 Å². The SMILES string of the molecule is CC1CCN(S(=O)(=O)c2ccc(C(=O)N(CCCN(C)C)c3nc4ccc(Cl)cc4s3)cc2)CC1.Cl. The Hall–Kier alpha value is -1.75. The molecule has 1 aliphatic heterocycles. The molecule has 0 aliphatic carbocycles. The van der Waals surface area contributed by atoms with Crippen LogP contribution >= 0.6 is 35.3 Å². The highest BCUT2D eigenvalue weighted by atomic mass is 35.5. The fourth-order valence-corrected chi connectivity index (χ4v) is 6.87. The Balaban J connectivity index is 0.00000361. The number of amides is 1. The molecule has 1 aliphatic rings. The maximum absolute atomic E-state index is 13.6. The van der Waals surface area contributed by atoms with E-state index in [0.717, 1.165) is 36.0 Å². The second-order valence-corrected chi connectivity index (χ2v) is 12.7. The lowest BCUT2D eigenvalue weighted by atomic mass is 10.0. The number of carbonyl (C=O) groups is 1. The molecule has 36 heavy (non-hydrogen) atoms. The van der Waals surface area contributed by atoms with Crippen molar-refractivity contribution in [3.63, 3.8) is 0 Å². The molecule has 0 radical (unpaired) electrons. The molecule has 1 aromatic heterocycles. The van der Waals surface area contributed by atoms with Crippen LogP contribution in [0.25, 0.3) is 10.2 Å². The Labute approximate surface area is 228 Å². The van der Waals surface area contributed by atoms with Gasteiger partial charge in [0.15, 0.2) is 5.13 Å². The lowest BCUT2D eigenvalue weighted by molar-refractivity contribution is 0.0986. The van der Waals surface area contributed by atoms with Gasteiger partial charge in [-0.2, -0.15) is 4.31 Å². The predicted octanol–water partition coefficient (Wildman–Crippen LogP) is 5.39. The van der Waals surface area contributed by atoms with E-state index in [2.05, 4.69) is 16.8 Å². The summed E-state index contributed by atoms with van der Waals surface area (Å²) in [5.74, 6) is 0.336. The number of fused-ring (bicyclic) bond motifs is 1. The molecule has 1 fully saturated rings. The average molecular weight is 572 g/mol.